The standard InChI is InChI=1S/C12H17N3O/c1-4-10(5-2)14-12(16)11-7-9(13)8-15(11)6-3/h1,7-8,10H,5-6,13H2,2-3H3,(H,14,16). The lowest BCUT2D eigenvalue weighted by atomic mass is 10.2. The van der Waals surface area contributed by atoms with E-state index in [1.165, 1.54) is 0 Å². The van der Waals surface area contributed by atoms with Gasteiger partial charge in [0, 0.05) is 12.7 Å². The number of anilines is 1. The molecule has 0 aromatic carbocycles. The van der Waals surface area contributed by atoms with Crippen LogP contribution in [0.4, 0.5) is 5.69 Å². The first-order valence-corrected chi connectivity index (χ1v) is 5.35. The number of nitrogens with zero attached hydrogens (tertiary/aromatic N) is 1. The number of aromatic nitrogens is 1. The number of nitrogens with two attached hydrogens (primary N) is 1. The quantitative estimate of drug-likeness (QED) is 0.748. The van der Waals surface area contributed by atoms with Gasteiger partial charge in [0.2, 0.25) is 0 Å². The van der Waals surface area contributed by atoms with Crippen molar-refractivity contribution in [1.82, 2.24) is 9.88 Å². The zero-order valence-corrected chi connectivity index (χ0v) is 9.66. The van der Waals surface area contributed by atoms with Crippen molar-refractivity contribution in [3.63, 3.8) is 0 Å². The Balaban J connectivity index is 2.84. The van der Waals surface area contributed by atoms with Crippen LogP contribution in [0.25, 0.3) is 0 Å². The van der Waals surface area contributed by atoms with E-state index in [0.29, 0.717) is 24.3 Å². The molecule has 1 unspecified atom stereocenters. The van der Waals surface area contributed by atoms with Gasteiger partial charge in [0.05, 0.1) is 11.7 Å². The molecule has 1 amide bonds. The van der Waals surface area contributed by atoms with Gasteiger partial charge in [0.15, 0.2) is 0 Å². The zero-order valence-electron chi connectivity index (χ0n) is 9.66. The predicted octanol–water partition coefficient (Wildman–Crippen LogP) is 1.23. The van der Waals surface area contributed by atoms with Crippen molar-refractivity contribution < 1.29 is 4.79 Å². The molecule has 0 fully saturated rings. The summed E-state index contributed by atoms with van der Waals surface area (Å²) in [5, 5.41) is 2.77. The minimum absolute atomic E-state index is 0.177. The average Bonchev–Trinajstić information content (AvgIpc) is 2.67. The minimum atomic E-state index is -0.228. The zero-order chi connectivity index (χ0) is 12.1. The van der Waals surface area contributed by atoms with E-state index < -0.39 is 0 Å². The Morgan fingerprint density at radius 1 is 1.69 bits per heavy atom. The van der Waals surface area contributed by atoms with Crippen molar-refractivity contribution >= 4 is 11.6 Å². The van der Waals surface area contributed by atoms with Crippen LogP contribution in [0.5, 0.6) is 0 Å². The van der Waals surface area contributed by atoms with Gasteiger partial charge in [0.25, 0.3) is 5.91 Å². The van der Waals surface area contributed by atoms with Crippen molar-refractivity contribution in [1.29, 1.82) is 0 Å². The van der Waals surface area contributed by atoms with E-state index in [2.05, 4.69) is 11.2 Å². The lowest BCUT2D eigenvalue weighted by Gasteiger charge is -2.11. The van der Waals surface area contributed by atoms with E-state index in [0.717, 1.165) is 0 Å². The van der Waals surface area contributed by atoms with Crippen LogP contribution in [-0.4, -0.2) is 16.5 Å². The number of rotatable bonds is 4. The highest BCUT2D eigenvalue weighted by Crippen LogP contribution is 2.10. The molecule has 1 aromatic rings. The molecule has 4 nitrogen and oxygen atoms in total. The van der Waals surface area contributed by atoms with E-state index in [-0.39, 0.29) is 11.9 Å². The maximum absolute atomic E-state index is 11.9. The number of carbonyl (C=O) groups excluding carboxylic acids is 1. The maximum atomic E-state index is 11.9. The number of nitrogen functional groups attached to an aromatic ring is 1. The molecule has 0 saturated heterocycles. The fourth-order valence-corrected chi connectivity index (χ4v) is 1.48. The van der Waals surface area contributed by atoms with Gasteiger partial charge in [-0.2, -0.15) is 0 Å². The molecule has 16 heavy (non-hydrogen) atoms. The molecule has 0 saturated carbocycles. The van der Waals surface area contributed by atoms with Crippen molar-refractivity contribution in [2.45, 2.75) is 32.9 Å². The van der Waals surface area contributed by atoms with Crippen molar-refractivity contribution in [2.24, 2.45) is 0 Å². The van der Waals surface area contributed by atoms with Crippen LogP contribution in [0.15, 0.2) is 12.3 Å². The van der Waals surface area contributed by atoms with E-state index >= 15 is 0 Å². The first kappa shape index (κ1) is 12.2. The Labute approximate surface area is 95.8 Å². The van der Waals surface area contributed by atoms with Gasteiger partial charge >= 0.3 is 0 Å². The Hall–Kier alpha value is -1.89. The highest BCUT2D eigenvalue weighted by molar-refractivity contribution is 5.94. The summed E-state index contributed by atoms with van der Waals surface area (Å²) in [4.78, 5) is 11.9. The molecule has 0 radical (unpaired) electrons. The van der Waals surface area contributed by atoms with Gasteiger partial charge in [0.1, 0.15) is 5.69 Å². The fraction of sp³-hybridized carbons (Fsp3) is 0.417. The molecule has 1 heterocycles. The topological polar surface area (TPSA) is 60.1 Å². The molecular formula is C12H17N3O. The summed E-state index contributed by atoms with van der Waals surface area (Å²) >= 11 is 0. The van der Waals surface area contributed by atoms with Crippen LogP contribution in [0.2, 0.25) is 0 Å². The number of aryl methyl sites for hydroxylation is 1. The highest BCUT2D eigenvalue weighted by atomic mass is 16.2. The molecule has 1 rings (SSSR count). The van der Waals surface area contributed by atoms with Gasteiger partial charge in [-0.25, -0.2) is 0 Å². The Bertz CT molecular complexity index is 414. The molecule has 4 heteroatoms. The Morgan fingerprint density at radius 2 is 2.38 bits per heavy atom. The minimum Gasteiger partial charge on any atom is -0.397 e. The van der Waals surface area contributed by atoms with Gasteiger partial charge in [-0.05, 0) is 19.4 Å². The summed E-state index contributed by atoms with van der Waals surface area (Å²) in [6.45, 7) is 4.58. The maximum Gasteiger partial charge on any atom is 0.268 e. The molecule has 0 aliphatic carbocycles. The number of amides is 1. The molecule has 86 valence electrons. The Kier molecular flexibility index (Phi) is 4.01. The molecule has 0 aliphatic heterocycles. The van der Waals surface area contributed by atoms with Crippen LogP contribution in [0, 0.1) is 12.3 Å². The molecule has 3 N–H and O–H groups in total. The number of hydrogen-bond acceptors (Lipinski definition) is 2. The number of carbonyl (C=O) groups is 1. The fourth-order valence-electron chi connectivity index (χ4n) is 1.48. The van der Waals surface area contributed by atoms with Crippen LogP contribution in [-0.2, 0) is 6.54 Å². The molecular weight excluding hydrogens is 202 g/mol. The van der Waals surface area contributed by atoms with E-state index in [4.69, 9.17) is 12.2 Å². The molecule has 0 bridgehead atoms. The van der Waals surface area contributed by atoms with Crippen molar-refractivity contribution in [2.75, 3.05) is 5.73 Å². The molecule has 0 spiro atoms. The first-order valence-electron chi connectivity index (χ1n) is 5.35. The van der Waals surface area contributed by atoms with Crippen molar-refractivity contribution in [3.8, 4) is 12.3 Å². The van der Waals surface area contributed by atoms with Gasteiger partial charge in [-0.15, -0.1) is 6.42 Å². The summed E-state index contributed by atoms with van der Waals surface area (Å²) in [6.07, 6.45) is 7.74. The van der Waals surface area contributed by atoms with Crippen LogP contribution in [0.1, 0.15) is 30.8 Å². The summed E-state index contributed by atoms with van der Waals surface area (Å²) in [5.74, 6) is 2.35. The van der Waals surface area contributed by atoms with Crippen LogP contribution >= 0.6 is 0 Å². The summed E-state index contributed by atoms with van der Waals surface area (Å²) < 4.78 is 1.80. The monoisotopic (exact) mass is 219 g/mol. The van der Waals surface area contributed by atoms with Gasteiger partial charge < -0.3 is 15.6 Å². The third-order valence-corrected chi connectivity index (χ3v) is 2.41. The predicted molar refractivity (Wildman–Crippen MR) is 64.9 cm³/mol. The lowest BCUT2D eigenvalue weighted by Crippen LogP contribution is -2.34. The summed E-state index contributed by atoms with van der Waals surface area (Å²) in [7, 11) is 0. The number of terminal acetylenes is 1. The lowest BCUT2D eigenvalue weighted by molar-refractivity contribution is 0.0936. The molecule has 1 aromatic heterocycles. The average molecular weight is 219 g/mol. The van der Waals surface area contributed by atoms with E-state index in [1.54, 1.807) is 16.8 Å². The second kappa shape index (κ2) is 5.26. The SMILES string of the molecule is C#CC(CC)NC(=O)c1cc(N)cn1CC. The van der Waals surface area contributed by atoms with Gasteiger partial charge in [-0.3, -0.25) is 4.79 Å². The third-order valence-electron chi connectivity index (χ3n) is 2.41. The molecule has 1 atom stereocenters. The largest absolute Gasteiger partial charge is 0.397 e. The number of nitrogens with one attached hydrogen (secondary N) is 1. The Morgan fingerprint density at radius 3 is 2.88 bits per heavy atom. The normalized spacial score (nSPS) is 11.8. The van der Waals surface area contributed by atoms with Gasteiger partial charge in [-0.1, -0.05) is 12.8 Å². The third kappa shape index (κ3) is 2.57. The summed E-state index contributed by atoms with van der Waals surface area (Å²) in [5.41, 5.74) is 6.78. The first-order chi connectivity index (χ1) is 7.62. The number of hydrogen-bond donors (Lipinski definition) is 2. The van der Waals surface area contributed by atoms with Crippen LogP contribution in [0.3, 0.4) is 0 Å². The summed E-state index contributed by atoms with van der Waals surface area (Å²) in [6, 6.07) is 1.43. The molecule has 0 aliphatic rings. The van der Waals surface area contributed by atoms with Crippen molar-refractivity contribution in [3.05, 3.63) is 18.0 Å². The smallest absolute Gasteiger partial charge is 0.268 e. The highest BCUT2D eigenvalue weighted by Gasteiger charge is 2.14. The second-order valence-corrected chi connectivity index (χ2v) is 3.55. The van der Waals surface area contributed by atoms with Crippen LogP contribution < -0.4 is 11.1 Å². The second-order valence-electron chi connectivity index (χ2n) is 3.55. The van der Waals surface area contributed by atoms with E-state index in [9.17, 15) is 4.79 Å². The van der Waals surface area contributed by atoms with E-state index in [1.807, 2.05) is 13.8 Å².